The number of sulfonamides is 1. The standard InChI is InChI=1S/C20H31BrN2O4S/c1-15(2)18(19(24)27-20(3,4)5)14-28(25,26)23-12-10-22(11-13-23)17-8-6-16(21)7-9-17/h6-9,15,18H,10-14H2,1-5H3. The zero-order chi connectivity index (χ0) is 21.1. The second kappa shape index (κ2) is 9.13. The molecule has 6 nitrogen and oxygen atoms in total. The molecular formula is C20H31BrN2O4S. The third kappa shape index (κ3) is 6.46. The maximum Gasteiger partial charge on any atom is 0.310 e. The van der Waals surface area contributed by atoms with Crippen molar-refractivity contribution in [3.8, 4) is 0 Å². The molecule has 28 heavy (non-hydrogen) atoms. The van der Waals surface area contributed by atoms with Crippen molar-refractivity contribution >= 4 is 37.6 Å². The Morgan fingerprint density at radius 1 is 1.11 bits per heavy atom. The van der Waals surface area contributed by atoms with Crippen molar-refractivity contribution in [1.82, 2.24) is 4.31 Å². The Balaban J connectivity index is 2.02. The number of rotatable bonds is 6. The summed E-state index contributed by atoms with van der Waals surface area (Å²) in [4.78, 5) is 14.7. The van der Waals surface area contributed by atoms with Gasteiger partial charge in [-0.2, -0.15) is 4.31 Å². The van der Waals surface area contributed by atoms with Crippen LogP contribution >= 0.6 is 15.9 Å². The van der Waals surface area contributed by atoms with E-state index >= 15 is 0 Å². The maximum atomic E-state index is 13.0. The summed E-state index contributed by atoms with van der Waals surface area (Å²) >= 11 is 3.43. The first kappa shape index (κ1) is 23.2. The van der Waals surface area contributed by atoms with E-state index in [0.717, 1.165) is 10.2 Å². The van der Waals surface area contributed by atoms with Crippen LogP contribution in [-0.2, 0) is 19.6 Å². The molecule has 1 saturated heterocycles. The number of carbonyl (C=O) groups excluding carboxylic acids is 1. The van der Waals surface area contributed by atoms with Crippen LogP contribution in [0.25, 0.3) is 0 Å². The minimum Gasteiger partial charge on any atom is -0.460 e. The molecule has 1 aliphatic rings. The second-order valence-electron chi connectivity index (χ2n) is 8.53. The van der Waals surface area contributed by atoms with E-state index in [-0.39, 0.29) is 11.7 Å². The van der Waals surface area contributed by atoms with E-state index in [2.05, 4.69) is 20.8 Å². The molecule has 158 valence electrons. The highest BCUT2D eigenvalue weighted by Gasteiger charge is 2.36. The summed E-state index contributed by atoms with van der Waals surface area (Å²) in [6.07, 6.45) is 0. The number of carbonyl (C=O) groups is 1. The number of piperazine rings is 1. The Morgan fingerprint density at radius 3 is 2.11 bits per heavy atom. The fraction of sp³-hybridized carbons (Fsp3) is 0.650. The van der Waals surface area contributed by atoms with Gasteiger partial charge >= 0.3 is 5.97 Å². The van der Waals surface area contributed by atoms with Crippen LogP contribution in [0.1, 0.15) is 34.6 Å². The van der Waals surface area contributed by atoms with E-state index in [1.54, 1.807) is 20.8 Å². The van der Waals surface area contributed by atoms with E-state index in [1.807, 2.05) is 38.1 Å². The van der Waals surface area contributed by atoms with Crippen LogP contribution in [-0.4, -0.2) is 56.2 Å². The summed E-state index contributed by atoms with van der Waals surface area (Å²) in [5, 5.41) is 0. The quantitative estimate of drug-likeness (QED) is 0.590. The van der Waals surface area contributed by atoms with Crippen LogP contribution in [0.3, 0.4) is 0 Å². The van der Waals surface area contributed by atoms with Gasteiger partial charge in [0.25, 0.3) is 0 Å². The molecule has 0 aromatic heterocycles. The second-order valence-corrected chi connectivity index (χ2v) is 11.5. The lowest BCUT2D eigenvalue weighted by molar-refractivity contribution is -0.160. The van der Waals surface area contributed by atoms with Gasteiger partial charge in [-0.3, -0.25) is 4.79 Å². The number of nitrogens with zero attached hydrogens (tertiary/aromatic N) is 2. The average molecular weight is 475 g/mol. The number of anilines is 1. The van der Waals surface area contributed by atoms with Crippen LogP contribution in [0.15, 0.2) is 28.7 Å². The molecule has 0 aliphatic carbocycles. The first-order valence-corrected chi connectivity index (χ1v) is 12.0. The highest BCUT2D eigenvalue weighted by Crippen LogP contribution is 2.24. The van der Waals surface area contributed by atoms with E-state index < -0.39 is 27.5 Å². The van der Waals surface area contributed by atoms with Crippen LogP contribution in [0, 0.1) is 11.8 Å². The van der Waals surface area contributed by atoms with Crippen molar-refractivity contribution in [1.29, 1.82) is 0 Å². The molecular weight excluding hydrogens is 444 g/mol. The highest BCUT2D eigenvalue weighted by molar-refractivity contribution is 9.10. The number of hydrogen-bond donors (Lipinski definition) is 0. The summed E-state index contributed by atoms with van der Waals surface area (Å²) in [5.74, 6) is -1.44. The summed E-state index contributed by atoms with van der Waals surface area (Å²) in [6.45, 7) is 11.2. The lowest BCUT2D eigenvalue weighted by atomic mass is 9.98. The third-order valence-corrected chi connectivity index (χ3v) is 7.19. The van der Waals surface area contributed by atoms with Gasteiger partial charge in [0.05, 0.1) is 11.7 Å². The molecule has 1 aromatic rings. The molecule has 1 fully saturated rings. The van der Waals surface area contributed by atoms with Crippen molar-refractivity contribution in [2.45, 2.75) is 40.2 Å². The van der Waals surface area contributed by atoms with Gasteiger partial charge in [-0.05, 0) is 51.0 Å². The summed E-state index contributed by atoms with van der Waals surface area (Å²) in [6, 6.07) is 8.00. The zero-order valence-corrected chi connectivity index (χ0v) is 19.7. The van der Waals surface area contributed by atoms with Gasteiger partial charge in [0, 0.05) is 36.3 Å². The molecule has 1 aromatic carbocycles. The van der Waals surface area contributed by atoms with Gasteiger partial charge in [0.15, 0.2) is 0 Å². The van der Waals surface area contributed by atoms with Crippen molar-refractivity contribution < 1.29 is 17.9 Å². The number of hydrogen-bond acceptors (Lipinski definition) is 5. The number of benzene rings is 1. The molecule has 0 amide bonds. The van der Waals surface area contributed by atoms with Gasteiger partial charge in [0.1, 0.15) is 5.60 Å². The Bertz CT molecular complexity index is 764. The fourth-order valence-corrected chi connectivity index (χ4v) is 5.29. The van der Waals surface area contributed by atoms with Gasteiger partial charge in [-0.15, -0.1) is 0 Å². The summed E-state index contributed by atoms with van der Waals surface area (Å²) < 4.78 is 33.9. The van der Waals surface area contributed by atoms with E-state index in [9.17, 15) is 13.2 Å². The summed E-state index contributed by atoms with van der Waals surface area (Å²) in [7, 11) is -3.54. The van der Waals surface area contributed by atoms with Crippen LogP contribution in [0.4, 0.5) is 5.69 Å². The Hall–Kier alpha value is -1.12. The molecule has 8 heteroatoms. The minimum atomic E-state index is -3.54. The average Bonchev–Trinajstić information content (AvgIpc) is 2.59. The summed E-state index contributed by atoms with van der Waals surface area (Å²) in [5.41, 5.74) is 0.443. The monoisotopic (exact) mass is 474 g/mol. The zero-order valence-electron chi connectivity index (χ0n) is 17.3. The largest absolute Gasteiger partial charge is 0.460 e. The normalized spacial score (nSPS) is 17.6. The molecule has 0 N–H and O–H groups in total. The Kier molecular flexibility index (Phi) is 7.56. The van der Waals surface area contributed by atoms with Crippen molar-refractivity contribution in [3.05, 3.63) is 28.7 Å². The topological polar surface area (TPSA) is 66.9 Å². The molecule has 0 saturated carbocycles. The Labute approximate surface area is 177 Å². The third-order valence-electron chi connectivity index (χ3n) is 4.73. The lowest BCUT2D eigenvalue weighted by Crippen LogP contribution is -2.50. The van der Waals surface area contributed by atoms with Crippen LogP contribution in [0.2, 0.25) is 0 Å². The fourth-order valence-electron chi connectivity index (χ4n) is 3.12. The number of halogens is 1. The molecule has 1 aliphatic heterocycles. The van der Waals surface area contributed by atoms with Crippen molar-refractivity contribution in [3.63, 3.8) is 0 Å². The first-order valence-electron chi connectivity index (χ1n) is 9.60. The highest BCUT2D eigenvalue weighted by atomic mass is 79.9. The number of ether oxygens (including phenoxy) is 1. The van der Waals surface area contributed by atoms with Crippen LogP contribution < -0.4 is 4.90 Å². The predicted octanol–water partition coefficient (Wildman–Crippen LogP) is 3.51. The molecule has 1 atom stereocenters. The van der Waals surface area contributed by atoms with Crippen molar-refractivity contribution in [2.75, 3.05) is 36.8 Å². The lowest BCUT2D eigenvalue weighted by Gasteiger charge is -2.36. The minimum absolute atomic E-state index is 0.117. The smallest absolute Gasteiger partial charge is 0.310 e. The molecule has 0 radical (unpaired) electrons. The van der Waals surface area contributed by atoms with Crippen molar-refractivity contribution in [2.24, 2.45) is 11.8 Å². The molecule has 1 unspecified atom stereocenters. The molecule has 1 heterocycles. The number of esters is 1. The van der Waals surface area contributed by atoms with Gasteiger partial charge in [-0.1, -0.05) is 29.8 Å². The van der Waals surface area contributed by atoms with Gasteiger partial charge in [0.2, 0.25) is 10.0 Å². The molecule has 0 spiro atoms. The Morgan fingerprint density at radius 2 is 1.64 bits per heavy atom. The van der Waals surface area contributed by atoms with E-state index in [0.29, 0.717) is 26.2 Å². The van der Waals surface area contributed by atoms with Gasteiger partial charge in [-0.25, -0.2) is 8.42 Å². The van der Waals surface area contributed by atoms with Crippen LogP contribution in [0.5, 0.6) is 0 Å². The van der Waals surface area contributed by atoms with Gasteiger partial charge < -0.3 is 9.64 Å². The first-order chi connectivity index (χ1) is 12.9. The molecule has 0 bridgehead atoms. The van der Waals surface area contributed by atoms with E-state index in [1.165, 1.54) is 4.31 Å². The SMILES string of the molecule is CC(C)C(CS(=O)(=O)N1CCN(c2ccc(Br)cc2)CC1)C(=O)OC(C)(C)C. The molecule has 2 rings (SSSR count). The predicted molar refractivity (Wildman–Crippen MR) is 116 cm³/mol. The van der Waals surface area contributed by atoms with E-state index in [4.69, 9.17) is 4.74 Å². The maximum absolute atomic E-state index is 13.0.